The van der Waals surface area contributed by atoms with Crippen LogP contribution >= 0.6 is 0 Å². The number of hydrogen-bond acceptors (Lipinski definition) is 2. The number of ether oxygens (including phenoxy) is 1. The molecular formula is C17H27F2NO2. The third-order valence-corrected chi connectivity index (χ3v) is 5.43. The molecule has 0 unspecified atom stereocenters. The molecule has 22 heavy (non-hydrogen) atoms. The van der Waals surface area contributed by atoms with Gasteiger partial charge in [0.2, 0.25) is 11.8 Å². The molecule has 0 aromatic heterocycles. The van der Waals surface area contributed by atoms with Crippen LogP contribution in [-0.2, 0) is 9.53 Å². The van der Waals surface area contributed by atoms with Crippen molar-refractivity contribution in [2.45, 2.75) is 82.3 Å². The zero-order valence-electron chi connectivity index (χ0n) is 13.2. The second-order valence-corrected chi connectivity index (χ2v) is 7.22. The summed E-state index contributed by atoms with van der Waals surface area (Å²) < 4.78 is 33.1. The van der Waals surface area contributed by atoms with Crippen molar-refractivity contribution in [3.63, 3.8) is 0 Å². The minimum atomic E-state index is -2.65. The molecule has 3 fully saturated rings. The molecule has 0 bridgehead atoms. The highest BCUT2D eigenvalue weighted by Gasteiger charge is 2.41. The topological polar surface area (TPSA) is 29.5 Å². The van der Waals surface area contributed by atoms with Crippen molar-refractivity contribution in [2.75, 3.05) is 13.1 Å². The Morgan fingerprint density at radius 1 is 0.955 bits per heavy atom. The van der Waals surface area contributed by atoms with Gasteiger partial charge in [0, 0.05) is 31.8 Å². The maximum Gasteiger partial charge on any atom is 0.248 e. The van der Waals surface area contributed by atoms with Crippen molar-refractivity contribution in [3.8, 4) is 0 Å². The van der Waals surface area contributed by atoms with E-state index in [1.807, 2.05) is 0 Å². The summed E-state index contributed by atoms with van der Waals surface area (Å²) in [5.74, 6) is -3.18. The quantitative estimate of drug-likeness (QED) is 0.793. The van der Waals surface area contributed by atoms with E-state index in [4.69, 9.17) is 4.74 Å². The molecule has 5 heteroatoms. The lowest BCUT2D eigenvalue weighted by Gasteiger charge is -2.37. The zero-order chi connectivity index (χ0) is 15.6. The summed E-state index contributed by atoms with van der Waals surface area (Å²) in [4.78, 5) is 14.2. The van der Waals surface area contributed by atoms with Gasteiger partial charge in [0.15, 0.2) is 0 Å². The van der Waals surface area contributed by atoms with E-state index in [9.17, 15) is 13.6 Å². The van der Waals surface area contributed by atoms with Gasteiger partial charge in [0.1, 0.15) is 0 Å². The Hall–Kier alpha value is -0.710. The summed E-state index contributed by atoms with van der Waals surface area (Å²) in [6.07, 6.45) is 7.97. The van der Waals surface area contributed by atoms with Gasteiger partial charge in [0.05, 0.1) is 12.2 Å². The van der Waals surface area contributed by atoms with E-state index < -0.39 is 11.8 Å². The lowest BCUT2D eigenvalue weighted by Crippen LogP contribution is -2.46. The predicted octanol–water partition coefficient (Wildman–Crippen LogP) is 3.76. The Morgan fingerprint density at radius 3 is 2.23 bits per heavy atom. The third-order valence-electron chi connectivity index (χ3n) is 5.43. The van der Waals surface area contributed by atoms with Crippen molar-refractivity contribution in [3.05, 3.63) is 0 Å². The van der Waals surface area contributed by atoms with Crippen LogP contribution in [0.25, 0.3) is 0 Å². The number of alkyl halides is 2. The van der Waals surface area contributed by atoms with Gasteiger partial charge in [-0.05, 0) is 38.5 Å². The summed E-state index contributed by atoms with van der Waals surface area (Å²) in [6, 6.07) is 0. The highest BCUT2D eigenvalue weighted by molar-refractivity contribution is 5.79. The highest BCUT2D eigenvalue weighted by atomic mass is 19.3. The lowest BCUT2D eigenvalue weighted by atomic mass is 9.85. The molecule has 0 radical (unpaired) electrons. The molecule has 1 aliphatic heterocycles. The summed E-state index contributed by atoms with van der Waals surface area (Å²) in [7, 11) is 0. The summed E-state index contributed by atoms with van der Waals surface area (Å²) >= 11 is 0. The van der Waals surface area contributed by atoms with E-state index in [0.29, 0.717) is 32.0 Å². The van der Waals surface area contributed by atoms with E-state index in [0.717, 1.165) is 25.7 Å². The fourth-order valence-corrected chi connectivity index (χ4v) is 4.15. The van der Waals surface area contributed by atoms with Crippen LogP contribution in [0.4, 0.5) is 8.78 Å². The minimum absolute atomic E-state index is 0.0568. The first-order chi connectivity index (χ1) is 10.5. The number of amides is 1. The Balaban J connectivity index is 1.45. The van der Waals surface area contributed by atoms with Crippen molar-refractivity contribution < 1.29 is 18.3 Å². The van der Waals surface area contributed by atoms with Crippen LogP contribution in [0.5, 0.6) is 0 Å². The highest BCUT2D eigenvalue weighted by Crippen LogP contribution is 2.37. The van der Waals surface area contributed by atoms with Crippen molar-refractivity contribution in [1.29, 1.82) is 0 Å². The number of carbonyl (C=O) groups excluding carboxylic acids is 1. The van der Waals surface area contributed by atoms with Crippen LogP contribution in [0.3, 0.4) is 0 Å². The van der Waals surface area contributed by atoms with Gasteiger partial charge in [-0.15, -0.1) is 0 Å². The molecule has 0 aromatic rings. The van der Waals surface area contributed by atoms with E-state index >= 15 is 0 Å². The molecule has 1 saturated heterocycles. The molecule has 0 aromatic carbocycles. The summed E-state index contributed by atoms with van der Waals surface area (Å²) in [5.41, 5.74) is 0. The van der Waals surface area contributed by atoms with Crippen LogP contribution < -0.4 is 0 Å². The van der Waals surface area contributed by atoms with Gasteiger partial charge >= 0.3 is 0 Å². The van der Waals surface area contributed by atoms with Crippen molar-refractivity contribution in [2.24, 2.45) is 5.92 Å². The molecule has 2 aliphatic carbocycles. The first kappa shape index (κ1) is 16.2. The van der Waals surface area contributed by atoms with Gasteiger partial charge in [-0.1, -0.05) is 12.8 Å². The number of nitrogens with zero attached hydrogens (tertiary/aromatic N) is 1. The molecule has 0 N–H and O–H groups in total. The van der Waals surface area contributed by atoms with E-state index in [1.165, 1.54) is 12.8 Å². The van der Waals surface area contributed by atoms with Crippen LogP contribution in [0.2, 0.25) is 0 Å². The van der Waals surface area contributed by atoms with Gasteiger partial charge in [-0.3, -0.25) is 4.79 Å². The van der Waals surface area contributed by atoms with E-state index in [-0.39, 0.29) is 24.9 Å². The largest absolute Gasteiger partial charge is 0.375 e. The van der Waals surface area contributed by atoms with Gasteiger partial charge in [-0.25, -0.2) is 8.78 Å². The number of halogens is 2. The van der Waals surface area contributed by atoms with Crippen molar-refractivity contribution in [1.82, 2.24) is 4.90 Å². The van der Waals surface area contributed by atoms with Gasteiger partial charge in [0.25, 0.3) is 0 Å². The standard InChI is InChI=1S/C17H27F2NO2/c18-17(19)9-3-4-13(12-17)16(21)20-10-7-15(8-11-20)22-14-5-1-2-6-14/h13-15H,1-12H2/t13-/m1/s1. The molecule has 1 amide bonds. The smallest absolute Gasteiger partial charge is 0.248 e. The minimum Gasteiger partial charge on any atom is -0.375 e. The number of carbonyl (C=O) groups is 1. The van der Waals surface area contributed by atoms with Crippen LogP contribution in [-0.4, -0.2) is 42.0 Å². The van der Waals surface area contributed by atoms with E-state index in [1.54, 1.807) is 4.90 Å². The maximum atomic E-state index is 13.5. The second kappa shape index (κ2) is 6.81. The average Bonchev–Trinajstić information content (AvgIpc) is 2.99. The van der Waals surface area contributed by atoms with Gasteiger partial charge in [-0.2, -0.15) is 0 Å². The van der Waals surface area contributed by atoms with Crippen LogP contribution in [0, 0.1) is 5.92 Å². The third kappa shape index (κ3) is 3.98. The SMILES string of the molecule is O=C([C@@H]1CCCC(F)(F)C1)N1CCC(OC2CCCC2)CC1. The Kier molecular flexibility index (Phi) is 5.00. The monoisotopic (exact) mass is 315 g/mol. The molecule has 126 valence electrons. The normalized spacial score (nSPS) is 30.6. The first-order valence-corrected chi connectivity index (χ1v) is 8.85. The Bertz CT molecular complexity index is 388. The van der Waals surface area contributed by atoms with Crippen molar-refractivity contribution >= 4 is 5.91 Å². The number of hydrogen-bond donors (Lipinski definition) is 0. The number of rotatable bonds is 3. The Morgan fingerprint density at radius 2 is 1.59 bits per heavy atom. The van der Waals surface area contributed by atoms with Gasteiger partial charge < -0.3 is 9.64 Å². The molecule has 2 saturated carbocycles. The first-order valence-electron chi connectivity index (χ1n) is 8.85. The molecule has 3 rings (SSSR count). The Labute approximate surface area is 131 Å². The number of piperidine rings is 1. The fraction of sp³-hybridized carbons (Fsp3) is 0.941. The second-order valence-electron chi connectivity index (χ2n) is 7.22. The fourth-order valence-electron chi connectivity index (χ4n) is 4.15. The predicted molar refractivity (Wildman–Crippen MR) is 79.8 cm³/mol. The molecule has 0 spiro atoms. The number of likely N-dealkylation sites (tertiary alicyclic amines) is 1. The zero-order valence-corrected chi connectivity index (χ0v) is 13.2. The van der Waals surface area contributed by atoms with E-state index in [2.05, 4.69) is 0 Å². The maximum absolute atomic E-state index is 13.5. The molecule has 3 aliphatic rings. The lowest BCUT2D eigenvalue weighted by molar-refractivity contribution is -0.145. The molecule has 3 nitrogen and oxygen atoms in total. The summed E-state index contributed by atoms with van der Waals surface area (Å²) in [5, 5.41) is 0. The van der Waals surface area contributed by atoms with Crippen LogP contribution in [0.1, 0.15) is 64.2 Å². The van der Waals surface area contributed by atoms with Crippen LogP contribution in [0.15, 0.2) is 0 Å². The molecule has 1 heterocycles. The molecular weight excluding hydrogens is 288 g/mol. The molecule has 1 atom stereocenters. The average molecular weight is 315 g/mol. The summed E-state index contributed by atoms with van der Waals surface area (Å²) in [6.45, 7) is 1.33.